The number of aryl methyl sites for hydroxylation is 2. The fourth-order valence-corrected chi connectivity index (χ4v) is 1.00. The van der Waals surface area contributed by atoms with E-state index in [9.17, 15) is 9.18 Å². The van der Waals surface area contributed by atoms with Gasteiger partial charge in [0.25, 0.3) is 5.56 Å². The number of nitrogens with one attached hydrogen (secondary N) is 1. The third-order valence-corrected chi connectivity index (χ3v) is 1.68. The fraction of sp³-hybridized carbons (Fsp3) is 0.375. The Balaban J connectivity index is 3.32. The van der Waals surface area contributed by atoms with E-state index in [1.54, 1.807) is 6.92 Å². The first-order valence-corrected chi connectivity index (χ1v) is 3.53. The summed E-state index contributed by atoms with van der Waals surface area (Å²) in [6.07, 6.45) is 0.736. The maximum absolute atomic E-state index is 12.6. The van der Waals surface area contributed by atoms with Crippen molar-refractivity contribution in [1.29, 1.82) is 0 Å². The van der Waals surface area contributed by atoms with Crippen LogP contribution in [0.15, 0.2) is 10.9 Å². The smallest absolute Gasteiger partial charge is 0.284 e. The van der Waals surface area contributed by atoms with Gasteiger partial charge in [0.05, 0.1) is 0 Å². The Bertz CT molecular complexity index is 316. The molecule has 1 rings (SSSR count). The quantitative estimate of drug-likeness (QED) is 0.653. The average Bonchev–Trinajstić information content (AvgIpc) is 1.97. The lowest BCUT2D eigenvalue weighted by atomic mass is 10.1. The topological polar surface area (TPSA) is 32.9 Å². The number of halogens is 1. The van der Waals surface area contributed by atoms with Crippen molar-refractivity contribution in [2.75, 3.05) is 0 Å². The molecule has 11 heavy (non-hydrogen) atoms. The van der Waals surface area contributed by atoms with Crippen LogP contribution in [0.2, 0.25) is 0 Å². The van der Waals surface area contributed by atoms with Crippen molar-refractivity contribution in [3.8, 4) is 0 Å². The van der Waals surface area contributed by atoms with Gasteiger partial charge in [0.1, 0.15) is 0 Å². The van der Waals surface area contributed by atoms with Crippen molar-refractivity contribution in [2.24, 2.45) is 0 Å². The molecule has 1 aromatic rings. The molecule has 0 amide bonds. The molecule has 1 N–H and O–H groups in total. The van der Waals surface area contributed by atoms with Crippen molar-refractivity contribution in [3.63, 3.8) is 0 Å². The van der Waals surface area contributed by atoms with Gasteiger partial charge in [-0.25, -0.2) is 4.39 Å². The number of H-pyrrole nitrogens is 1. The lowest BCUT2D eigenvalue weighted by Crippen LogP contribution is -2.13. The number of pyridine rings is 1. The Morgan fingerprint density at radius 2 is 2.27 bits per heavy atom. The Hall–Kier alpha value is -1.12. The second-order valence-electron chi connectivity index (χ2n) is 2.45. The van der Waals surface area contributed by atoms with Crippen molar-refractivity contribution in [2.45, 2.75) is 20.3 Å². The van der Waals surface area contributed by atoms with E-state index in [0.29, 0.717) is 0 Å². The molecule has 0 saturated heterocycles. The van der Waals surface area contributed by atoms with Crippen LogP contribution < -0.4 is 5.56 Å². The molecule has 0 aliphatic carbocycles. The molecule has 0 spiro atoms. The average molecular weight is 155 g/mol. The highest BCUT2D eigenvalue weighted by Gasteiger charge is 2.01. The summed E-state index contributed by atoms with van der Waals surface area (Å²) < 4.78 is 12.6. The molecule has 0 fully saturated rings. The maximum Gasteiger partial charge on any atom is 0.284 e. The van der Waals surface area contributed by atoms with Crippen LogP contribution in [0.3, 0.4) is 0 Å². The summed E-state index contributed by atoms with van der Waals surface area (Å²) in [6.45, 7) is 3.68. The van der Waals surface area contributed by atoms with Crippen LogP contribution in [0.4, 0.5) is 4.39 Å². The van der Waals surface area contributed by atoms with Crippen LogP contribution in [0.25, 0.3) is 0 Å². The van der Waals surface area contributed by atoms with Crippen molar-refractivity contribution in [1.82, 2.24) is 4.98 Å². The van der Waals surface area contributed by atoms with Gasteiger partial charge < -0.3 is 4.98 Å². The molecule has 0 saturated carbocycles. The normalized spacial score (nSPS) is 10.1. The molecule has 0 aliphatic rings. The predicted molar refractivity (Wildman–Crippen MR) is 41.1 cm³/mol. The van der Waals surface area contributed by atoms with E-state index < -0.39 is 11.4 Å². The lowest BCUT2D eigenvalue weighted by molar-refractivity contribution is 0.604. The molecule has 60 valence electrons. The first-order valence-electron chi connectivity index (χ1n) is 3.53. The molecule has 0 aliphatic heterocycles. The van der Waals surface area contributed by atoms with Crippen molar-refractivity contribution < 1.29 is 4.39 Å². The molecule has 3 heteroatoms. The Kier molecular flexibility index (Phi) is 2.08. The van der Waals surface area contributed by atoms with E-state index in [0.717, 1.165) is 17.7 Å². The number of hydrogen-bond donors (Lipinski definition) is 1. The molecular weight excluding hydrogens is 145 g/mol. The second-order valence-corrected chi connectivity index (χ2v) is 2.45. The molecule has 0 unspecified atom stereocenters. The van der Waals surface area contributed by atoms with Crippen LogP contribution in [-0.2, 0) is 6.42 Å². The summed E-state index contributed by atoms with van der Waals surface area (Å²) in [5.41, 5.74) is 0.959. The Morgan fingerprint density at radius 1 is 1.64 bits per heavy atom. The molecule has 0 aromatic carbocycles. The highest BCUT2D eigenvalue weighted by Crippen LogP contribution is 2.03. The number of aromatic amines is 1. The van der Waals surface area contributed by atoms with E-state index in [1.165, 1.54) is 6.07 Å². The van der Waals surface area contributed by atoms with Crippen molar-refractivity contribution >= 4 is 0 Å². The van der Waals surface area contributed by atoms with Crippen LogP contribution >= 0.6 is 0 Å². The standard InChI is InChI=1S/C8H10FNO/c1-3-6-4-7(9)8(11)10-5(6)2/h4H,3H2,1-2H3,(H,10,11). The summed E-state index contributed by atoms with van der Waals surface area (Å²) in [6, 6.07) is 1.29. The maximum atomic E-state index is 12.6. The van der Waals surface area contributed by atoms with Crippen LogP contribution in [0, 0.1) is 12.7 Å². The van der Waals surface area contributed by atoms with Gasteiger partial charge in [0, 0.05) is 5.69 Å². The van der Waals surface area contributed by atoms with Gasteiger partial charge in [-0.2, -0.15) is 0 Å². The Morgan fingerprint density at radius 3 is 2.82 bits per heavy atom. The largest absolute Gasteiger partial charge is 0.324 e. The summed E-state index contributed by atoms with van der Waals surface area (Å²) in [7, 11) is 0. The third kappa shape index (κ3) is 1.48. The first kappa shape index (κ1) is 7.98. The minimum Gasteiger partial charge on any atom is -0.324 e. The fourth-order valence-electron chi connectivity index (χ4n) is 1.00. The predicted octanol–water partition coefficient (Wildman–Crippen LogP) is 1.38. The molecule has 1 aromatic heterocycles. The minimum absolute atomic E-state index is 0.639. The van der Waals surface area contributed by atoms with Crippen LogP contribution in [0.1, 0.15) is 18.2 Å². The van der Waals surface area contributed by atoms with Gasteiger partial charge >= 0.3 is 0 Å². The zero-order chi connectivity index (χ0) is 8.43. The summed E-state index contributed by atoms with van der Waals surface area (Å²) in [4.78, 5) is 13.1. The van der Waals surface area contributed by atoms with Crippen molar-refractivity contribution in [3.05, 3.63) is 33.5 Å². The third-order valence-electron chi connectivity index (χ3n) is 1.68. The summed E-state index contributed by atoms with van der Waals surface area (Å²) in [5.74, 6) is -0.701. The molecule has 0 radical (unpaired) electrons. The Labute approximate surface area is 64.1 Å². The van der Waals surface area contributed by atoms with Gasteiger partial charge in [-0.3, -0.25) is 4.79 Å². The van der Waals surface area contributed by atoms with Gasteiger partial charge in [-0.1, -0.05) is 6.92 Å². The minimum atomic E-state index is -0.701. The number of rotatable bonds is 1. The summed E-state index contributed by atoms with van der Waals surface area (Å²) in [5, 5.41) is 0. The van der Waals surface area contributed by atoms with Gasteiger partial charge in [0.15, 0.2) is 5.82 Å². The molecule has 1 heterocycles. The van der Waals surface area contributed by atoms with Gasteiger partial charge in [0.2, 0.25) is 0 Å². The molecular formula is C8H10FNO. The van der Waals surface area contributed by atoms with Gasteiger partial charge in [-0.05, 0) is 25.0 Å². The molecule has 2 nitrogen and oxygen atoms in total. The van der Waals surface area contributed by atoms with Crippen LogP contribution in [0.5, 0.6) is 0 Å². The molecule has 0 atom stereocenters. The lowest BCUT2D eigenvalue weighted by Gasteiger charge is -2.00. The monoisotopic (exact) mass is 155 g/mol. The van der Waals surface area contributed by atoms with Crippen LogP contribution in [-0.4, -0.2) is 4.98 Å². The highest BCUT2D eigenvalue weighted by atomic mass is 19.1. The number of hydrogen-bond acceptors (Lipinski definition) is 1. The summed E-state index contributed by atoms with van der Waals surface area (Å²) >= 11 is 0. The zero-order valence-corrected chi connectivity index (χ0v) is 6.57. The van der Waals surface area contributed by atoms with Gasteiger partial charge in [-0.15, -0.1) is 0 Å². The zero-order valence-electron chi connectivity index (χ0n) is 6.57. The van der Waals surface area contributed by atoms with E-state index in [2.05, 4.69) is 4.98 Å². The SMILES string of the molecule is CCc1cc(F)c(=O)[nH]c1C. The molecule has 0 bridgehead atoms. The highest BCUT2D eigenvalue weighted by molar-refractivity contribution is 5.18. The van der Waals surface area contributed by atoms with E-state index >= 15 is 0 Å². The second kappa shape index (κ2) is 2.86. The number of aromatic nitrogens is 1. The van der Waals surface area contributed by atoms with E-state index in [-0.39, 0.29) is 0 Å². The first-order chi connectivity index (χ1) is 5.15. The van der Waals surface area contributed by atoms with E-state index in [4.69, 9.17) is 0 Å². The van der Waals surface area contributed by atoms with E-state index in [1.807, 2.05) is 6.92 Å².